The van der Waals surface area contributed by atoms with E-state index < -0.39 is 0 Å². The maximum absolute atomic E-state index is 5.67. The molecule has 0 amide bonds. The summed E-state index contributed by atoms with van der Waals surface area (Å²) in [4.78, 5) is 6.94. The van der Waals surface area contributed by atoms with E-state index in [4.69, 9.17) is 12.2 Å². The lowest BCUT2D eigenvalue weighted by Crippen LogP contribution is -2.30. The number of hydrogen-bond acceptors (Lipinski definition) is 2. The number of thiocarbonyl (C=S) groups is 1. The van der Waals surface area contributed by atoms with Gasteiger partial charge in [-0.2, -0.15) is 0 Å². The average molecular weight is 357 g/mol. The first-order valence-electron chi connectivity index (χ1n) is 9.12. The number of aryl methyl sites for hydroxylation is 1. The van der Waals surface area contributed by atoms with Gasteiger partial charge in [-0.05, 0) is 70.1 Å². The second-order valence-electron chi connectivity index (χ2n) is 7.11. The molecule has 1 fully saturated rings. The Hall–Kier alpha value is -1.88. The first-order chi connectivity index (χ1) is 12.0. The molecular formula is C20H28N4S. The van der Waals surface area contributed by atoms with E-state index in [-0.39, 0.29) is 12.1 Å². The highest BCUT2D eigenvalue weighted by Crippen LogP contribution is 2.41. The maximum atomic E-state index is 5.67. The Bertz CT molecular complexity index is 751. The predicted octanol–water partition coefficient (Wildman–Crippen LogP) is 4.46. The zero-order chi connectivity index (χ0) is 18.1. The van der Waals surface area contributed by atoms with E-state index in [0.717, 1.165) is 23.8 Å². The van der Waals surface area contributed by atoms with E-state index in [1.807, 2.05) is 18.3 Å². The number of rotatable bonds is 5. The molecule has 0 unspecified atom stereocenters. The Labute approximate surface area is 156 Å². The molecule has 2 atom stereocenters. The van der Waals surface area contributed by atoms with Crippen LogP contribution in [0.5, 0.6) is 0 Å². The van der Waals surface area contributed by atoms with Gasteiger partial charge in [-0.15, -0.1) is 0 Å². The molecule has 25 heavy (non-hydrogen) atoms. The molecule has 0 aliphatic carbocycles. The first kappa shape index (κ1) is 17.9. The molecule has 3 heterocycles. The van der Waals surface area contributed by atoms with Crippen LogP contribution in [0.3, 0.4) is 0 Å². The topological polar surface area (TPSA) is 33.1 Å². The van der Waals surface area contributed by atoms with Crippen molar-refractivity contribution < 1.29 is 0 Å². The third kappa shape index (κ3) is 3.17. The van der Waals surface area contributed by atoms with Crippen LogP contribution in [-0.2, 0) is 0 Å². The molecule has 1 aliphatic rings. The van der Waals surface area contributed by atoms with Crippen molar-refractivity contribution in [2.45, 2.75) is 59.2 Å². The molecule has 1 N–H and O–H groups in total. The fraction of sp³-hybridized carbons (Fsp3) is 0.500. The Balaban J connectivity index is 2.10. The monoisotopic (exact) mass is 356 g/mol. The van der Waals surface area contributed by atoms with Crippen molar-refractivity contribution in [2.75, 3.05) is 6.54 Å². The van der Waals surface area contributed by atoms with Gasteiger partial charge in [0.2, 0.25) is 0 Å². The number of aromatic nitrogens is 2. The fourth-order valence-electron chi connectivity index (χ4n) is 4.12. The summed E-state index contributed by atoms with van der Waals surface area (Å²) >= 11 is 5.67. The van der Waals surface area contributed by atoms with Crippen LogP contribution in [0.4, 0.5) is 0 Å². The standard InChI is InChI=1S/C20H28N4S/c1-6-11-23-19(16-12-14(4)24(13(2)3)15(16)5)18(22-20(23)25)17-9-7-8-10-21-17/h7-10,12-13,18-19H,6,11H2,1-5H3,(H,22,25)/t18-,19+/m0/s1. The van der Waals surface area contributed by atoms with Gasteiger partial charge in [-0.3, -0.25) is 4.98 Å². The SMILES string of the molecule is CCCN1C(=S)N[C@@H](c2ccccn2)[C@H]1c1cc(C)n(C(C)C)c1C. The summed E-state index contributed by atoms with van der Waals surface area (Å²) in [7, 11) is 0. The minimum atomic E-state index is 0.0846. The van der Waals surface area contributed by atoms with Crippen LogP contribution in [-0.4, -0.2) is 26.1 Å². The van der Waals surface area contributed by atoms with Gasteiger partial charge in [0.15, 0.2) is 5.11 Å². The van der Waals surface area contributed by atoms with E-state index in [9.17, 15) is 0 Å². The molecule has 1 saturated heterocycles. The zero-order valence-corrected chi connectivity index (χ0v) is 16.6. The molecule has 0 radical (unpaired) electrons. The van der Waals surface area contributed by atoms with Gasteiger partial charge in [0, 0.05) is 30.2 Å². The van der Waals surface area contributed by atoms with E-state index in [0.29, 0.717) is 6.04 Å². The second kappa shape index (κ2) is 7.16. The number of pyridine rings is 1. The van der Waals surface area contributed by atoms with Gasteiger partial charge < -0.3 is 14.8 Å². The van der Waals surface area contributed by atoms with Crippen LogP contribution in [0.1, 0.15) is 68.0 Å². The number of nitrogens with zero attached hydrogens (tertiary/aromatic N) is 3. The maximum Gasteiger partial charge on any atom is 0.170 e. The van der Waals surface area contributed by atoms with Gasteiger partial charge in [0.05, 0.1) is 17.8 Å². The smallest absolute Gasteiger partial charge is 0.170 e. The average Bonchev–Trinajstić information content (AvgIpc) is 3.05. The molecular weight excluding hydrogens is 328 g/mol. The van der Waals surface area contributed by atoms with Gasteiger partial charge in [0.25, 0.3) is 0 Å². The Morgan fingerprint density at radius 2 is 2.04 bits per heavy atom. The molecule has 0 bridgehead atoms. The molecule has 4 nitrogen and oxygen atoms in total. The highest BCUT2D eigenvalue weighted by molar-refractivity contribution is 7.80. The number of hydrogen-bond donors (Lipinski definition) is 1. The fourth-order valence-corrected chi connectivity index (χ4v) is 4.45. The predicted molar refractivity (Wildman–Crippen MR) is 107 cm³/mol. The van der Waals surface area contributed by atoms with Gasteiger partial charge in [0.1, 0.15) is 0 Å². The number of nitrogens with one attached hydrogen (secondary N) is 1. The molecule has 0 spiro atoms. The normalized spacial score (nSPS) is 20.4. The van der Waals surface area contributed by atoms with Crippen molar-refractivity contribution in [1.29, 1.82) is 0 Å². The van der Waals surface area contributed by atoms with Crippen LogP contribution >= 0.6 is 12.2 Å². The second-order valence-corrected chi connectivity index (χ2v) is 7.50. The lowest BCUT2D eigenvalue weighted by molar-refractivity contribution is 0.316. The highest BCUT2D eigenvalue weighted by Gasteiger charge is 2.40. The Morgan fingerprint density at radius 3 is 2.60 bits per heavy atom. The largest absolute Gasteiger partial charge is 0.352 e. The first-order valence-corrected chi connectivity index (χ1v) is 9.52. The quantitative estimate of drug-likeness (QED) is 0.802. The van der Waals surface area contributed by atoms with E-state index in [2.05, 4.69) is 66.5 Å². The van der Waals surface area contributed by atoms with Crippen molar-refractivity contribution in [3.63, 3.8) is 0 Å². The zero-order valence-electron chi connectivity index (χ0n) is 15.8. The van der Waals surface area contributed by atoms with Crippen LogP contribution in [0, 0.1) is 13.8 Å². The highest BCUT2D eigenvalue weighted by atomic mass is 32.1. The molecule has 0 aromatic carbocycles. The summed E-state index contributed by atoms with van der Waals surface area (Å²) in [5, 5.41) is 4.35. The molecule has 2 aromatic rings. The third-order valence-corrected chi connectivity index (χ3v) is 5.37. The van der Waals surface area contributed by atoms with Gasteiger partial charge in [-0.25, -0.2) is 0 Å². The molecule has 5 heteroatoms. The van der Waals surface area contributed by atoms with Crippen molar-refractivity contribution in [1.82, 2.24) is 19.8 Å². The summed E-state index contributed by atoms with van der Waals surface area (Å²) in [5.74, 6) is 0. The summed E-state index contributed by atoms with van der Waals surface area (Å²) in [6.07, 6.45) is 2.92. The van der Waals surface area contributed by atoms with E-state index in [1.54, 1.807) is 0 Å². The van der Waals surface area contributed by atoms with Gasteiger partial charge >= 0.3 is 0 Å². The Kier molecular flexibility index (Phi) is 5.13. The summed E-state index contributed by atoms with van der Waals surface area (Å²) in [5.41, 5.74) is 5.02. The van der Waals surface area contributed by atoms with Crippen molar-refractivity contribution in [3.8, 4) is 0 Å². The molecule has 2 aromatic heterocycles. The van der Waals surface area contributed by atoms with Gasteiger partial charge in [-0.1, -0.05) is 13.0 Å². The van der Waals surface area contributed by atoms with Crippen LogP contribution in [0.15, 0.2) is 30.5 Å². The van der Waals surface area contributed by atoms with Crippen LogP contribution < -0.4 is 5.32 Å². The minimum Gasteiger partial charge on any atom is -0.352 e. The van der Waals surface area contributed by atoms with Crippen molar-refractivity contribution in [2.24, 2.45) is 0 Å². The summed E-state index contributed by atoms with van der Waals surface area (Å²) < 4.78 is 2.41. The molecule has 134 valence electrons. The molecule has 3 rings (SSSR count). The molecule has 0 saturated carbocycles. The van der Waals surface area contributed by atoms with Crippen LogP contribution in [0.25, 0.3) is 0 Å². The van der Waals surface area contributed by atoms with Crippen LogP contribution in [0.2, 0.25) is 0 Å². The van der Waals surface area contributed by atoms with Crippen molar-refractivity contribution >= 4 is 17.3 Å². The molecule has 1 aliphatic heterocycles. The van der Waals surface area contributed by atoms with Crippen molar-refractivity contribution in [3.05, 3.63) is 53.1 Å². The lowest BCUT2D eigenvalue weighted by Gasteiger charge is -2.28. The minimum absolute atomic E-state index is 0.0846. The van der Waals surface area contributed by atoms with E-state index in [1.165, 1.54) is 17.0 Å². The van der Waals surface area contributed by atoms with E-state index >= 15 is 0 Å². The summed E-state index contributed by atoms with van der Waals surface area (Å²) in [6, 6.07) is 9.13. The summed E-state index contributed by atoms with van der Waals surface area (Å²) in [6.45, 7) is 12.0. The third-order valence-electron chi connectivity index (χ3n) is 5.02. The lowest BCUT2D eigenvalue weighted by atomic mass is 9.96. The Morgan fingerprint density at radius 1 is 1.28 bits per heavy atom.